The molecule has 0 aliphatic rings. The highest BCUT2D eigenvalue weighted by Crippen LogP contribution is 2.17. The zero-order valence-corrected chi connectivity index (χ0v) is 10.6. The lowest BCUT2D eigenvalue weighted by Gasteiger charge is -2.07. The van der Waals surface area contributed by atoms with Gasteiger partial charge in [-0.15, -0.1) is 0 Å². The second-order valence-electron chi connectivity index (χ2n) is 3.48. The smallest absolute Gasteiger partial charge is 0.287 e. The minimum Gasteiger partial charge on any atom is -0.369 e. The quantitative estimate of drug-likeness (QED) is 0.616. The zero-order valence-electron chi connectivity index (χ0n) is 9.80. The van der Waals surface area contributed by atoms with Crippen molar-refractivity contribution < 1.29 is 9.13 Å². The maximum atomic E-state index is 11.2. The van der Waals surface area contributed by atoms with Crippen molar-refractivity contribution in [3.63, 3.8) is 0 Å². The predicted molar refractivity (Wildman–Crippen MR) is 67.7 cm³/mol. The van der Waals surface area contributed by atoms with Gasteiger partial charge in [0.2, 0.25) is 0 Å². The van der Waals surface area contributed by atoms with Gasteiger partial charge in [0.05, 0.1) is 4.92 Å². The molecule has 0 radical (unpaired) electrons. The van der Waals surface area contributed by atoms with Gasteiger partial charge in [-0.05, 0) is 12.5 Å². The second-order valence-corrected chi connectivity index (χ2v) is 5.34. The van der Waals surface area contributed by atoms with Crippen molar-refractivity contribution >= 4 is 22.3 Å². The predicted octanol–water partition coefficient (Wildman–Crippen LogP) is 1.48. The Morgan fingerprint density at radius 1 is 1.59 bits per heavy atom. The maximum absolute atomic E-state index is 11.2. The van der Waals surface area contributed by atoms with E-state index in [1.165, 1.54) is 12.3 Å². The van der Waals surface area contributed by atoms with E-state index in [2.05, 4.69) is 10.3 Å². The van der Waals surface area contributed by atoms with Crippen LogP contribution in [0.25, 0.3) is 0 Å². The van der Waals surface area contributed by atoms with E-state index in [-0.39, 0.29) is 5.69 Å². The fraction of sp³-hybridized carbons (Fsp3) is 0.500. The number of pyridine rings is 1. The Kier molecular flexibility index (Phi) is 5.02. The van der Waals surface area contributed by atoms with Crippen LogP contribution >= 0.6 is 0 Å². The zero-order chi connectivity index (χ0) is 12.8. The Bertz CT molecular complexity index is 437. The van der Waals surface area contributed by atoms with E-state index < -0.39 is 15.7 Å². The van der Waals surface area contributed by atoms with Gasteiger partial charge in [-0.2, -0.15) is 0 Å². The standard InChI is InChI=1S/C10H15N3O3S/c1-3-17(16)5-4-11-10-8(2)6-9(7-12-10)13(14)15/h6-7H,3-5H2,1-2H3,(H,11,12). The SMILES string of the molecule is CCS(=O)CCNc1ncc([N+](=O)[O-])cc1C. The third-order valence-electron chi connectivity index (χ3n) is 2.22. The van der Waals surface area contributed by atoms with E-state index in [0.717, 1.165) is 0 Å². The number of nitro groups is 1. The summed E-state index contributed by atoms with van der Waals surface area (Å²) in [4.78, 5) is 14.0. The number of hydrogen-bond acceptors (Lipinski definition) is 5. The van der Waals surface area contributed by atoms with Crippen LogP contribution in [0.2, 0.25) is 0 Å². The molecule has 1 unspecified atom stereocenters. The van der Waals surface area contributed by atoms with Crippen molar-refractivity contribution in [3.8, 4) is 0 Å². The Labute approximate surface area is 102 Å². The van der Waals surface area contributed by atoms with Crippen LogP contribution in [-0.2, 0) is 10.8 Å². The minimum absolute atomic E-state index is 0.0230. The molecule has 1 aromatic rings. The maximum Gasteiger partial charge on any atom is 0.287 e. The minimum atomic E-state index is -0.817. The molecule has 0 aromatic carbocycles. The summed E-state index contributed by atoms with van der Waals surface area (Å²) in [5.41, 5.74) is 0.687. The lowest BCUT2D eigenvalue weighted by atomic mass is 10.2. The van der Waals surface area contributed by atoms with Gasteiger partial charge in [-0.1, -0.05) is 6.92 Å². The molecule has 0 aliphatic heterocycles. The Morgan fingerprint density at radius 2 is 2.29 bits per heavy atom. The average molecular weight is 257 g/mol. The average Bonchev–Trinajstić information content (AvgIpc) is 2.30. The van der Waals surface area contributed by atoms with Gasteiger partial charge in [0.25, 0.3) is 5.69 Å². The molecule has 1 atom stereocenters. The molecule has 1 rings (SSSR count). The molecule has 0 spiro atoms. The summed E-state index contributed by atoms with van der Waals surface area (Å²) in [6, 6.07) is 1.46. The summed E-state index contributed by atoms with van der Waals surface area (Å²) in [6.45, 7) is 4.16. The molecular weight excluding hydrogens is 242 g/mol. The van der Waals surface area contributed by atoms with Crippen molar-refractivity contribution in [1.29, 1.82) is 0 Å². The molecule has 0 aliphatic carbocycles. The molecule has 1 aromatic heterocycles. The van der Waals surface area contributed by atoms with Crippen molar-refractivity contribution in [2.24, 2.45) is 0 Å². The fourth-order valence-corrected chi connectivity index (χ4v) is 1.89. The van der Waals surface area contributed by atoms with Gasteiger partial charge in [0, 0.05) is 34.9 Å². The lowest BCUT2D eigenvalue weighted by molar-refractivity contribution is -0.385. The first kappa shape index (κ1) is 13.6. The largest absolute Gasteiger partial charge is 0.369 e. The van der Waals surface area contributed by atoms with E-state index in [9.17, 15) is 14.3 Å². The number of nitrogens with zero attached hydrogens (tertiary/aromatic N) is 2. The normalized spacial score (nSPS) is 12.1. The monoisotopic (exact) mass is 257 g/mol. The van der Waals surface area contributed by atoms with Crippen LogP contribution in [0.15, 0.2) is 12.3 Å². The molecule has 1 heterocycles. The third kappa shape index (κ3) is 4.10. The molecule has 6 nitrogen and oxygen atoms in total. The first-order valence-corrected chi connectivity index (χ1v) is 6.73. The summed E-state index contributed by atoms with van der Waals surface area (Å²) in [7, 11) is -0.817. The molecule has 0 saturated carbocycles. The van der Waals surface area contributed by atoms with E-state index in [4.69, 9.17) is 0 Å². The van der Waals surface area contributed by atoms with E-state index >= 15 is 0 Å². The molecule has 0 saturated heterocycles. The van der Waals surface area contributed by atoms with Gasteiger partial charge < -0.3 is 5.32 Å². The highest BCUT2D eigenvalue weighted by molar-refractivity contribution is 7.84. The summed E-state index contributed by atoms with van der Waals surface area (Å²) in [5.74, 6) is 1.78. The highest BCUT2D eigenvalue weighted by Gasteiger charge is 2.09. The van der Waals surface area contributed by atoms with Gasteiger partial charge in [0.1, 0.15) is 12.0 Å². The lowest BCUT2D eigenvalue weighted by Crippen LogP contribution is -2.13. The number of anilines is 1. The molecular formula is C10H15N3O3S. The molecule has 7 heteroatoms. The van der Waals surface area contributed by atoms with Crippen LogP contribution in [0.3, 0.4) is 0 Å². The number of rotatable bonds is 6. The highest BCUT2D eigenvalue weighted by atomic mass is 32.2. The number of aryl methyl sites for hydroxylation is 1. The molecule has 0 bridgehead atoms. The summed E-state index contributed by atoms with van der Waals surface area (Å²) in [6.07, 6.45) is 1.21. The van der Waals surface area contributed by atoms with Gasteiger partial charge in [-0.3, -0.25) is 14.3 Å². The van der Waals surface area contributed by atoms with Crippen molar-refractivity contribution in [2.75, 3.05) is 23.4 Å². The second kappa shape index (κ2) is 6.29. The van der Waals surface area contributed by atoms with Crippen LogP contribution in [0, 0.1) is 17.0 Å². The molecule has 1 N–H and O–H groups in total. The molecule has 0 amide bonds. The summed E-state index contributed by atoms with van der Waals surface area (Å²) in [5, 5.41) is 13.5. The molecule has 17 heavy (non-hydrogen) atoms. The van der Waals surface area contributed by atoms with Gasteiger partial charge in [-0.25, -0.2) is 4.98 Å². The van der Waals surface area contributed by atoms with Crippen molar-refractivity contribution in [1.82, 2.24) is 4.98 Å². The van der Waals surface area contributed by atoms with E-state index in [1.54, 1.807) is 6.92 Å². The number of hydrogen-bond donors (Lipinski definition) is 1. The summed E-state index contributed by atoms with van der Waals surface area (Å²) >= 11 is 0. The number of nitrogens with one attached hydrogen (secondary N) is 1. The summed E-state index contributed by atoms with van der Waals surface area (Å²) < 4.78 is 11.2. The van der Waals surface area contributed by atoms with E-state index in [0.29, 0.717) is 29.4 Å². The van der Waals surface area contributed by atoms with E-state index in [1.807, 2.05) is 6.92 Å². The topological polar surface area (TPSA) is 85.1 Å². The molecule has 94 valence electrons. The van der Waals surface area contributed by atoms with Gasteiger partial charge in [0.15, 0.2) is 0 Å². The Balaban J connectivity index is 2.60. The first-order chi connectivity index (χ1) is 8.04. The van der Waals surface area contributed by atoms with Crippen LogP contribution < -0.4 is 5.32 Å². The Morgan fingerprint density at radius 3 is 2.82 bits per heavy atom. The van der Waals surface area contributed by atoms with Gasteiger partial charge >= 0.3 is 0 Å². The third-order valence-corrected chi connectivity index (χ3v) is 3.52. The first-order valence-electron chi connectivity index (χ1n) is 5.24. The van der Waals surface area contributed by atoms with Crippen LogP contribution in [-0.4, -0.2) is 32.2 Å². The number of aromatic nitrogens is 1. The van der Waals surface area contributed by atoms with Crippen LogP contribution in [0.1, 0.15) is 12.5 Å². The fourth-order valence-electron chi connectivity index (χ4n) is 1.27. The van der Waals surface area contributed by atoms with Crippen molar-refractivity contribution in [2.45, 2.75) is 13.8 Å². The van der Waals surface area contributed by atoms with Crippen molar-refractivity contribution in [3.05, 3.63) is 27.9 Å². The van der Waals surface area contributed by atoms with Crippen LogP contribution in [0.4, 0.5) is 11.5 Å². The van der Waals surface area contributed by atoms with Crippen LogP contribution in [0.5, 0.6) is 0 Å². The molecule has 0 fully saturated rings. The Hall–Kier alpha value is -1.50.